The Morgan fingerprint density at radius 1 is 1.20 bits per heavy atom. The molecule has 118 valence electrons. The topological polar surface area (TPSA) is 30.9 Å². The fraction of sp³-hybridized carbons (Fsp3) is 0.923. The zero-order chi connectivity index (χ0) is 15.2. The molecule has 0 aliphatic carbocycles. The van der Waals surface area contributed by atoms with Gasteiger partial charge < -0.3 is 10.2 Å². The van der Waals surface area contributed by atoms with Gasteiger partial charge >= 0.3 is 6.18 Å². The minimum atomic E-state index is -4.12. The Kier molecular flexibility index (Phi) is 6.58. The molecule has 1 saturated heterocycles. The molecule has 1 aliphatic heterocycles. The molecule has 0 unspecified atom stereocenters. The van der Waals surface area contributed by atoms with E-state index >= 15 is 0 Å². The van der Waals surface area contributed by atoms with Gasteiger partial charge in [-0.15, -0.1) is 0 Å². The average Bonchev–Trinajstić information content (AvgIpc) is 2.34. The third-order valence-corrected chi connectivity index (χ3v) is 3.20. The van der Waals surface area contributed by atoms with Crippen molar-refractivity contribution in [3.63, 3.8) is 0 Å². The van der Waals surface area contributed by atoms with E-state index in [1.165, 1.54) is 0 Å². The van der Waals surface area contributed by atoms with E-state index in [9.17, 15) is 13.2 Å². The van der Waals surface area contributed by atoms with Crippen LogP contribution in [0.2, 0.25) is 0 Å². The second-order valence-electron chi connectivity index (χ2n) is 5.52. The van der Waals surface area contributed by atoms with Crippen molar-refractivity contribution < 1.29 is 13.2 Å². The maximum absolute atomic E-state index is 12.1. The molecule has 20 heavy (non-hydrogen) atoms. The Morgan fingerprint density at radius 3 is 2.25 bits per heavy atom. The van der Waals surface area contributed by atoms with Crippen LogP contribution < -0.4 is 5.32 Å². The first-order valence-corrected chi connectivity index (χ1v) is 7.06. The van der Waals surface area contributed by atoms with Crippen LogP contribution >= 0.6 is 0 Å². The average molecular weight is 294 g/mol. The number of piperazine rings is 1. The van der Waals surface area contributed by atoms with Gasteiger partial charge in [-0.2, -0.15) is 13.2 Å². The summed E-state index contributed by atoms with van der Waals surface area (Å²) < 4.78 is 36.4. The summed E-state index contributed by atoms with van der Waals surface area (Å²) >= 11 is 0. The van der Waals surface area contributed by atoms with Gasteiger partial charge in [-0.05, 0) is 5.92 Å². The van der Waals surface area contributed by atoms with E-state index in [0.717, 1.165) is 32.7 Å². The quantitative estimate of drug-likeness (QED) is 0.633. The van der Waals surface area contributed by atoms with Crippen LogP contribution in [0, 0.1) is 5.92 Å². The van der Waals surface area contributed by atoms with Gasteiger partial charge in [-0.1, -0.05) is 13.8 Å². The van der Waals surface area contributed by atoms with Crippen LogP contribution in [0.25, 0.3) is 0 Å². The number of aliphatic imine (C=N–C) groups is 1. The lowest BCUT2D eigenvalue weighted by Crippen LogP contribution is -2.53. The highest BCUT2D eigenvalue weighted by atomic mass is 19.4. The monoisotopic (exact) mass is 294 g/mol. The Hall–Kier alpha value is -0.980. The minimum absolute atomic E-state index is 0.123. The van der Waals surface area contributed by atoms with Gasteiger partial charge in [0.25, 0.3) is 0 Å². The Balaban J connectivity index is 2.34. The summed E-state index contributed by atoms with van der Waals surface area (Å²) in [5, 5.41) is 2.79. The van der Waals surface area contributed by atoms with E-state index in [2.05, 4.69) is 29.1 Å². The summed E-state index contributed by atoms with van der Waals surface area (Å²) in [6, 6.07) is 0. The number of alkyl halides is 3. The lowest BCUT2D eigenvalue weighted by Gasteiger charge is -2.37. The third kappa shape index (κ3) is 6.45. The first-order valence-electron chi connectivity index (χ1n) is 7.06. The molecule has 1 heterocycles. The van der Waals surface area contributed by atoms with Crippen LogP contribution in [0.1, 0.15) is 20.3 Å². The highest BCUT2D eigenvalue weighted by Crippen LogP contribution is 2.18. The summed E-state index contributed by atoms with van der Waals surface area (Å²) in [4.78, 5) is 8.46. The summed E-state index contributed by atoms with van der Waals surface area (Å²) in [7, 11) is 1.61. The number of nitrogens with zero attached hydrogens (tertiary/aromatic N) is 3. The predicted molar refractivity (Wildman–Crippen MR) is 74.9 cm³/mol. The van der Waals surface area contributed by atoms with Crippen LogP contribution in [0.3, 0.4) is 0 Å². The fourth-order valence-corrected chi connectivity index (χ4v) is 2.31. The van der Waals surface area contributed by atoms with Crippen molar-refractivity contribution in [2.75, 3.05) is 46.3 Å². The number of rotatable bonds is 4. The molecule has 0 saturated carbocycles. The molecule has 0 radical (unpaired) electrons. The van der Waals surface area contributed by atoms with Gasteiger partial charge in [-0.25, -0.2) is 0 Å². The number of nitrogens with one attached hydrogen (secondary N) is 1. The summed E-state index contributed by atoms with van der Waals surface area (Å²) in [5.41, 5.74) is 0. The molecule has 0 aromatic rings. The molecule has 0 aromatic heterocycles. The standard InChI is InChI=1S/C13H25F3N4/c1-11(2)10-19-6-8-20(9-7-19)12(17-3)18-5-4-13(14,15)16/h11H,4-10H2,1-3H3,(H,17,18). The first-order chi connectivity index (χ1) is 9.31. The lowest BCUT2D eigenvalue weighted by atomic mass is 10.2. The maximum atomic E-state index is 12.1. The van der Waals surface area contributed by atoms with E-state index in [1.54, 1.807) is 7.05 Å². The fourth-order valence-electron chi connectivity index (χ4n) is 2.31. The molecule has 0 aromatic carbocycles. The van der Waals surface area contributed by atoms with E-state index in [1.807, 2.05) is 4.90 Å². The second kappa shape index (κ2) is 7.71. The maximum Gasteiger partial charge on any atom is 0.390 e. The van der Waals surface area contributed by atoms with Crippen molar-refractivity contribution in [2.24, 2.45) is 10.9 Å². The van der Waals surface area contributed by atoms with Crippen LogP contribution in [0.15, 0.2) is 4.99 Å². The van der Waals surface area contributed by atoms with Gasteiger partial charge in [0.05, 0.1) is 6.42 Å². The molecule has 4 nitrogen and oxygen atoms in total. The van der Waals surface area contributed by atoms with Crippen LogP contribution in [-0.2, 0) is 0 Å². The number of guanidine groups is 1. The van der Waals surface area contributed by atoms with Crippen LogP contribution in [0.5, 0.6) is 0 Å². The molecule has 0 amide bonds. The zero-order valence-electron chi connectivity index (χ0n) is 12.5. The van der Waals surface area contributed by atoms with Crippen molar-refractivity contribution in [2.45, 2.75) is 26.4 Å². The van der Waals surface area contributed by atoms with E-state index in [-0.39, 0.29) is 6.54 Å². The SMILES string of the molecule is CN=C(NCCC(F)(F)F)N1CCN(CC(C)C)CC1. The normalized spacial score (nSPS) is 18.8. The Morgan fingerprint density at radius 2 is 1.80 bits per heavy atom. The number of hydrogen-bond donors (Lipinski definition) is 1. The molecular weight excluding hydrogens is 269 g/mol. The van der Waals surface area contributed by atoms with Gasteiger partial charge in [0.1, 0.15) is 0 Å². The number of halogens is 3. The first kappa shape index (κ1) is 17.1. The molecule has 1 rings (SSSR count). The molecule has 0 spiro atoms. The smallest absolute Gasteiger partial charge is 0.356 e. The Bertz CT molecular complexity index is 307. The zero-order valence-corrected chi connectivity index (χ0v) is 12.5. The highest BCUT2D eigenvalue weighted by molar-refractivity contribution is 5.79. The summed E-state index contributed by atoms with van der Waals surface area (Å²) in [6.07, 6.45) is -4.96. The summed E-state index contributed by atoms with van der Waals surface area (Å²) in [5.74, 6) is 1.20. The molecule has 1 fully saturated rings. The van der Waals surface area contributed by atoms with E-state index < -0.39 is 12.6 Å². The largest absolute Gasteiger partial charge is 0.390 e. The van der Waals surface area contributed by atoms with Crippen molar-refractivity contribution in [3.8, 4) is 0 Å². The van der Waals surface area contributed by atoms with Crippen molar-refractivity contribution >= 4 is 5.96 Å². The molecular formula is C13H25F3N4. The molecule has 1 N–H and O–H groups in total. The highest BCUT2D eigenvalue weighted by Gasteiger charge is 2.27. The van der Waals surface area contributed by atoms with Crippen molar-refractivity contribution in [1.82, 2.24) is 15.1 Å². The van der Waals surface area contributed by atoms with E-state index in [4.69, 9.17) is 0 Å². The molecule has 0 atom stereocenters. The van der Waals surface area contributed by atoms with Gasteiger partial charge in [0, 0.05) is 46.3 Å². The molecule has 0 bridgehead atoms. The third-order valence-electron chi connectivity index (χ3n) is 3.20. The summed E-state index contributed by atoms with van der Waals surface area (Å²) in [6.45, 7) is 8.78. The molecule has 7 heteroatoms. The minimum Gasteiger partial charge on any atom is -0.356 e. The second-order valence-corrected chi connectivity index (χ2v) is 5.52. The molecule has 1 aliphatic rings. The van der Waals surface area contributed by atoms with Gasteiger partial charge in [0.15, 0.2) is 5.96 Å². The number of hydrogen-bond acceptors (Lipinski definition) is 2. The predicted octanol–water partition coefficient (Wildman–Crippen LogP) is 1.79. The Labute approximate surface area is 119 Å². The van der Waals surface area contributed by atoms with Crippen molar-refractivity contribution in [1.29, 1.82) is 0 Å². The van der Waals surface area contributed by atoms with Gasteiger partial charge in [-0.3, -0.25) is 9.89 Å². The van der Waals surface area contributed by atoms with Crippen LogP contribution in [-0.4, -0.2) is 68.3 Å². The lowest BCUT2D eigenvalue weighted by molar-refractivity contribution is -0.132. The van der Waals surface area contributed by atoms with E-state index in [0.29, 0.717) is 11.9 Å². The van der Waals surface area contributed by atoms with Crippen molar-refractivity contribution in [3.05, 3.63) is 0 Å². The van der Waals surface area contributed by atoms with Crippen LogP contribution in [0.4, 0.5) is 13.2 Å². The van der Waals surface area contributed by atoms with Gasteiger partial charge in [0.2, 0.25) is 0 Å².